The number of carbonyl (C=O) groups excluding carboxylic acids is 2. The molecule has 1 aliphatic heterocycles. The number of hydrogen-bond acceptors (Lipinski definition) is 5. The van der Waals surface area contributed by atoms with Crippen molar-refractivity contribution in [3.05, 3.63) is 0 Å². The van der Waals surface area contributed by atoms with Crippen molar-refractivity contribution in [2.45, 2.75) is 31.8 Å². The highest BCUT2D eigenvalue weighted by atomic mass is 16.5. The predicted molar refractivity (Wildman–Crippen MR) is 59.3 cm³/mol. The van der Waals surface area contributed by atoms with Crippen LogP contribution in [-0.4, -0.2) is 55.0 Å². The maximum absolute atomic E-state index is 11.7. The average Bonchev–Trinajstić information content (AvgIpc) is 2.75. The van der Waals surface area contributed by atoms with Crippen LogP contribution < -0.4 is 0 Å². The Balaban J connectivity index is 2.99. The second-order valence-corrected chi connectivity index (χ2v) is 4.09. The van der Waals surface area contributed by atoms with E-state index in [-0.39, 0.29) is 18.6 Å². The molecule has 1 amide bonds. The summed E-state index contributed by atoms with van der Waals surface area (Å²) in [7, 11) is 2.54. The first-order chi connectivity index (χ1) is 8.10. The summed E-state index contributed by atoms with van der Waals surface area (Å²) < 4.78 is 9.37. The van der Waals surface area contributed by atoms with E-state index in [4.69, 9.17) is 4.74 Å². The van der Waals surface area contributed by atoms with E-state index in [9.17, 15) is 14.7 Å². The highest BCUT2D eigenvalue weighted by molar-refractivity contribution is 5.82. The Morgan fingerprint density at radius 3 is 2.41 bits per heavy atom. The van der Waals surface area contributed by atoms with Crippen LogP contribution in [0.2, 0.25) is 0 Å². The highest BCUT2D eigenvalue weighted by Crippen LogP contribution is 2.33. The van der Waals surface area contributed by atoms with Gasteiger partial charge in [0.2, 0.25) is 0 Å². The molecule has 0 aromatic carbocycles. The minimum Gasteiger partial charge on any atom is -0.467 e. The molecule has 98 valence electrons. The summed E-state index contributed by atoms with van der Waals surface area (Å²) in [5.41, 5.74) is 0. The summed E-state index contributed by atoms with van der Waals surface area (Å²) in [6.45, 7) is 1.76. The second-order valence-electron chi connectivity index (χ2n) is 4.09. The molecule has 0 saturated carbocycles. The lowest BCUT2D eigenvalue weighted by molar-refractivity contribution is -0.147. The molecular weight excluding hydrogens is 226 g/mol. The van der Waals surface area contributed by atoms with Crippen LogP contribution in [0.25, 0.3) is 0 Å². The van der Waals surface area contributed by atoms with Crippen LogP contribution in [0.5, 0.6) is 0 Å². The molecule has 1 aliphatic rings. The maximum atomic E-state index is 11.7. The van der Waals surface area contributed by atoms with Crippen molar-refractivity contribution in [2.75, 3.05) is 20.8 Å². The van der Waals surface area contributed by atoms with Crippen LogP contribution in [0, 0.1) is 5.92 Å². The second kappa shape index (κ2) is 5.86. The monoisotopic (exact) mass is 245 g/mol. The summed E-state index contributed by atoms with van der Waals surface area (Å²) in [5.74, 6) is -0.461. The van der Waals surface area contributed by atoms with Gasteiger partial charge in [0, 0.05) is 0 Å². The van der Waals surface area contributed by atoms with Gasteiger partial charge in [-0.05, 0) is 12.3 Å². The van der Waals surface area contributed by atoms with Crippen LogP contribution in [-0.2, 0) is 14.3 Å². The van der Waals surface area contributed by atoms with Crippen molar-refractivity contribution in [2.24, 2.45) is 5.92 Å². The first-order valence-electron chi connectivity index (χ1n) is 5.65. The van der Waals surface area contributed by atoms with Crippen molar-refractivity contribution in [1.29, 1.82) is 0 Å². The molecule has 0 radical (unpaired) electrons. The SMILES string of the molecule is CCC1CC(CO)N(C(=O)OC)C1C(=O)OC. The smallest absolute Gasteiger partial charge is 0.410 e. The summed E-state index contributed by atoms with van der Waals surface area (Å²) in [6.07, 6.45) is 0.724. The lowest BCUT2D eigenvalue weighted by Gasteiger charge is -2.27. The first kappa shape index (κ1) is 13.8. The third kappa shape index (κ3) is 2.52. The number of methoxy groups -OCH3 is 2. The number of esters is 1. The third-order valence-corrected chi connectivity index (χ3v) is 3.28. The predicted octanol–water partition coefficient (Wildman–Crippen LogP) is 0.387. The molecule has 1 fully saturated rings. The molecule has 1 heterocycles. The molecule has 1 saturated heterocycles. The van der Waals surface area contributed by atoms with Crippen molar-refractivity contribution in [3.8, 4) is 0 Å². The quantitative estimate of drug-likeness (QED) is 0.728. The Morgan fingerprint density at radius 1 is 1.35 bits per heavy atom. The Hall–Kier alpha value is -1.30. The summed E-state index contributed by atoms with van der Waals surface area (Å²) in [5, 5.41) is 9.26. The normalized spacial score (nSPS) is 28.0. The van der Waals surface area contributed by atoms with E-state index in [1.807, 2.05) is 6.92 Å². The number of amides is 1. The molecule has 3 unspecified atom stereocenters. The van der Waals surface area contributed by atoms with E-state index >= 15 is 0 Å². The Labute approximate surface area is 100 Å². The Bertz CT molecular complexity index is 266. The van der Waals surface area contributed by atoms with E-state index in [0.29, 0.717) is 6.42 Å². The molecule has 6 heteroatoms. The Morgan fingerprint density at radius 2 is 2.00 bits per heavy atom. The molecule has 0 bridgehead atoms. The Kier molecular flexibility index (Phi) is 4.74. The van der Waals surface area contributed by atoms with E-state index in [1.54, 1.807) is 0 Å². The van der Waals surface area contributed by atoms with Gasteiger partial charge in [0.05, 0.1) is 26.9 Å². The van der Waals surface area contributed by atoms with Gasteiger partial charge in [-0.25, -0.2) is 9.59 Å². The fourth-order valence-electron chi connectivity index (χ4n) is 2.39. The van der Waals surface area contributed by atoms with Gasteiger partial charge in [-0.15, -0.1) is 0 Å². The van der Waals surface area contributed by atoms with Crippen LogP contribution in [0.3, 0.4) is 0 Å². The van der Waals surface area contributed by atoms with Gasteiger partial charge in [-0.3, -0.25) is 4.90 Å². The molecule has 0 aliphatic carbocycles. The van der Waals surface area contributed by atoms with Crippen LogP contribution in [0.1, 0.15) is 19.8 Å². The maximum Gasteiger partial charge on any atom is 0.410 e. The highest BCUT2D eigenvalue weighted by Gasteiger charge is 2.47. The van der Waals surface area contributed by atoms with Gasteiger partial charge in [-0.1, -0.05) is 13.3 Å². The van der Waals surface area contributed by atoms with E-state index in [0.717, 1.165) is 6.42 Å². The number of carbonyl (C=O) groups is 2. The fourth-order valence-corrected chi connectivity index (χ4v) is 2.39. The molecule has 0 aromatic heterocycles. The van der Waals surface area contributed by atoms with Gasteiger partial charge in [-0.2, -0.15) is 0 Å². The minimum atomic E-state index is -0.658. The number of aliphatic hydroxyl groups is 1. The average molecular weight is 245 g/mol. The number of hydrogen-bond donors (Lipinski definition) is 1. The van der Waals surface area contributed by atoms with E-state index in [2.05, 4.69) is 4.74 Å². The molecule has 1 N–H and O–H groups in total. The zero-order chi connectivity index (χ0) is 13.0. The zero-order valence-corrected chi connectivity index (χ0v) is 10.4. The lowest BCUT2D eigenvalue weighted by Crippen LogP contribution is -2.48. The van der Waals surface area contributed by atoms with Crippen LogP contribution in [0.15, 0.2) is 0 Å². The summed E-state index contributed by atoms with van der Waals surface area (Å²) in [4.78, 5) is 24.7. The fraction of sp³-hybridized carbons (Fsp3) is 0.818. The molecule has 6 nitrogen and oxygen atoms in total. The number of rotatable bonds is 3. The molecule has 0 aromatic rings. The number of aliphatic hydroxyl groups excluding tert-OH is 1. The van der Waals surface area contributed by atoms with Gasteiger partial charge in [0.1, 0.15) is 6.04 Å². The topological polar surface area (TPSA) is 76.1 Å². The standard InChI is InChI=1S/C11H19NO5/c1-4-7-5-8(6-13)12(11(15)17-3)9(7)10(14)16-2/h7-9,13H,4-6H2,1-3H3. The molecule has 17 heavy (non-hydrogen) atoms. The van der Waals surface area contributed by atoms with Gasteiger partial charge in [0.25, 0.3) is 0 Å². The van der Waals surface area contributed by atoms with Crippen LogP contribution >= 0.6 is 0 Å². The number of nitrogens with zero attached hydrogens (tertiary/aromatic N) is 1. The molecule has 3 atom stereocenters. The summed E-state index contributed by atoms with van der Waals surface area (Å²) in [6, 6.07) is -1.04. The molecule has 0 spiro atoms. The number of likely N-dealkylation sites (tertiary alicyclic amines) is 1. The van der Waals surface area contributed by atoms with Gasteiger partial charge < -0.3 is 14.6 Å². The van der Waals surface area contributed by atoms with Crippen molar-refractivity contribution in [3.63, 3.8) is 0 Å². The molecule has 1 rings (SSSR count). The van der Waals surface area contributed by atoms with Crippen molar-refractivity contribution in [1.82, 2.24) is 4.90 Å². The van der Waals surface area contributed by atoms with E-state index < -0.39 is 18.1 Å². The van der Waals surface area contributed by atoms with Gasteiger partial charge in [0.15, 0.2) is 0 Å². The van der Waals surface area contributed by atoms with Crippen molar-refractivity contribution >= 4 is 12.1 Å². The lowest BCUT2D eigenvalue weighted by atomic mass is 9.96. The summed E-state index contributed by atoms with van der Waals surface area (Å²) >= 11 is 0. The van der Waals surface area contributed by atoms with Crippen LogP contribution in [0.4, 0.5) is 4.79 Å². The molecular formula is C11H19NO5. The first-order valence-corrected chi connectivity index (χ1v) is 5.65. The largest absolute Gasteiger partial charge is 0.467 e. The van der Waals surface area contributed by atoms with E-state index in [1.165, 1.54) is 19.1 Å². The third-order valence-electron chi connectivity index (χ3n) is 3.28. The van der Waals surface area contributed by atoms with Gasteiger partial charge >= 0.3 is 12.1 Å². The number of ether oxygens (including phenoxy) is 2. The zero-order valence-electron chi connectivity index (χ0n) is 10.4. The minimum absolute atomic E-state index is 0.00120. The van der Waals surface area contributed by atoms with Crippen molar-refractivity contribution < 1.29 is 24.2 Å².